The van der Waals surface area contributed by atoms with Gasteiger partial charge in [-0.25, -0.2) is 4.79 Å². The fourth-order valence-corrected chi connectivity index (χ4v) is 3.30. The highest BCUT2D eigenvalue weighted by Crippen LogP contribution is 2.35. The van der Waals surface area contributed by atoms with Gasteiger partial charge < -0.3 is 20.1 Å². The van der Waals surface area contributed by atoms with Crippen molar-refractivity contribution in [1.29, 1.82) is 0 Å². The molecule has 146 valence electrons. The number of amides is 1. The highest BCUT2D eigenvalue weighted by Gasteiger charge is 2.15. The number of H-pyrrole nitrogens is 1. The van der Waals surface area contributed by atoms with Gasteiger partial charge >= 0.3 is 11.9 Å². The predicted molar refractivity (Wildman–Crippen MR) is 109 cm³/mol. The van der Waals surface area contributed by atoms with Crippen molar-refractivity contribution in [1.82, 2.24) is 4.98 Å². The minimum atomic E-state index is -1.52. The van der Waals surface area contributed by atoms with Crippen LogP contribution >= 0.6 is 0 Å². The van der Waals surface area contributed by atoms with Crippen molar-refractivity contribution in [2.45, 2.75) is 40.0 Å². The maximum absolute atomic E-state index is 11.4. The Morgan fingerprint density at radius 1 is 1.18 bits per heavy atom. The van der Waals surface area contributed by atoms with E-state index in [1.165, 1.54) is 5.56 Å². The van der Waals surface area contributed by atoms with Crippen molar-refractivity contribution < 1.29 is 19.4 Å². The number of aromatic amines is 1. The first-order valence-corrected chi connectivity index (χ1v) is 9.24. The minimum Gasteiger partial charge on any atom is -0.474 e. The number of aryl methyl sites for hydroxylation is 2. The highest BCUT2D eigenvalue weighted by atomic mass is 16.5. The number of benzene rings is 2. The van der Waals surface area contributed by atoms with Gasteiger partial charge in [0.1, 0.15) is 11.5 Å². The molecule has 1 atom stereocenters. The van der Waals surface area contributed by atoms with Crippen LogP contribution in [0.5, 0.6) is 11.5 Å². The van der Waals surface area contributed by atoms with Gasteiger partial charge in [-0.2, -0.15) is 0 Å². The summed E-state index contributed by atoms with van der Waals surface area (Å²) in [5.41, 5.74) is 4.37. The highest BCUT2D eigenvalue weighted by molar-refractivity contribution is 6.36. The Morgan fingerprint density at radius 3 is 2.46 bits per heavy atom. The Labute approximate surface area is 163 Å². The number of ether oxygens (including phenoxy) is 1. The quantitative estimate of drug-likeness (QED) is 0.536. The molecule has 0 radical (unpaired) electrons. The van der Waals surface area contributed by atoms with E-state index < -0.39 is 11.9 Å². The van der Waals surface area contributed by atoms with Gasteiger partial charge in [-0.3, -0.25) is 4.79 Å². The number of hydrogen-bond acceptors (Lipinski definition) is 3. The van der Waals surface area contributed by atoms with Crippen LogP contribution in [0.2, 0.25) is 0 Å². The second kappa shape index (κ2) is 7.76. The van der Waals surface area contributed by atoms with Gasteiger partial charge in [-0.15, -0.1) is 0 Å². The predicted octanol–water partition coefficient (Wildman–Crippen LogP) is 5.11. The fourth-order valence-electron chi connectivity index (χ4n) is 3.30. The number of nitrogens with one attached hydrogen (secondary N) is 2. The van der Waals surface area contributed by atoms with Crippen LogP contribution in [0.25, 0.3) is 10.9 Å². The molecule has 0 saturated heterocycles. The Balaban J connectivity index is 1.91. The molecule has 3 N–H and O–H groups in total. The standard InChI is InChI=1S/C22H24N2O4/c1-5-12(2)18-11-23-19-7-6-16(10-17(18)19)28-20-13(3)8-15(9-14(20)4)24-21(25)22(26)27/h6-12,23H,5H2,1-4H3,(H,24,25)(H,26,27). The summed E-state index contributed by atoms with van der Waals surface area (Å²) in [5, 5.41) is 12.2. The van der Waals surface area contributed by atoms with Crippen LogP contribution in [-0.2, 0) is 9.59 Å². The Hall–Kier alpha value is -3.28. The smallest absolute Gasteiger partial charge is 0.394 e. The van der Waals surface area contributed by atoms with E-state index in [1.54, 1.807) is 12.1 Å². The molecular formula is C22H24N2O4. The summed E-state index contributed by atoms with van der Waals surface area (Å²) in [6.45, 7) is 8.09. The van der Waals surface area contributed by atoms with Gasteiger partial charge in [-0.05, 0) is 73.2 Å². The molecule has 0 aliphatic carbocycles. The number of fused-ring (bicyclic) bond motifs is 1. The molecule has 1 unspecified atom stereocenters. The molecule has 3 rings (SSSR count). The number of carbonyl (C=O) groups is 2. The third kappa shape index (κ3) is 3.86. The first-order chi connectivity index (χ1) is 13.3. The van der Waals surface area contributed by atoms with Gasteiger partial charge in [-0.1, -0.05) is 13.8 Å². The molecule has 0 saturated carbocycles. The van der Waals surface area contributed by atoms with Crippen LogP contribution in [0.1, 0.15) is 42.9 Å². The van der Waals surface area contributed by atoms with E-state index in [4.69, 9.17) is 9.84 Å². The number of rotatable bonds is 5. The summed E-state index contributed by atoms with van der Waals surface area (Å²) >= 11 is 0. The minimum absolute atomic E-state index is 0.426. The summed E-state index contributed by atoms with van der Waals surface area (Å²) in [7, 11) is 0. The number of carbonyl (C=O) groups excluding carboxylic acids is 1. The lowest BCUT2D eigenvalue weighted by molar-refractivity contribution is -0.147. The van der Waals surface area contributed by atoms with Crippen LogP contribution < -0.4 is 10.1 Å². The number of carboxylic acids is 1. The molecule has 2 aromatic carbocycles. The second-order valence-electron chi connectivity index (χ2n) is 7.06. The van der Waals surface area contributed by atoms with Crippen molar-refractivity contribution in [3.05, 3.63) is 53.2 Å². The molecule has 0 aliphatic heterocycles. The fraction of sp³-hybridized carbons (Fsp3) is 0.273. The first-order valence-electron chi connectivity index (χ1n) is 9.24. The van der Waals surface area contributed by atoms with Crippen molar-refractivity contribution in [3.63, 3.8) is 0 Å². The third-order valence-electron chi connectivity index (χ3n) is 4.96. The SMILES string of the molecule is CCC(C)c1c[nH]c2ccc(Oc3c(C)cc(NC(=O)C(=O)O)cc3C)cc12. The maximum atomic E-state index is 11.4. The zero-order chi connectivity index (χ0) is 20.4. The molecule has 28 heavy (non-hydrogen) atoms. The summed E-state index contributed by atoms with van der Waals surface area (Å²) in [5.74, 6) is -0.724. The third-order valence-corrected chi connectivity index (χ3v) is 4.96. The Kier molecular flexibility index (Phi) is 5.40. The van der Waals surface area contributed by atoms with E-state index in [0.717, 1.165) is 34.2 Å². The molecule has 0 spiro atoms. The van der Waals surface area contributed by atoms with E-state index in [0.29, 0.717) is 17.4 Å². The lowest BCUT2D eigenvalue weighted by Crippen LogP contribution is -2.21. The summed E-state index contributed by atoms with van der Waals surface area (Å²) in [6, 6.07) is 9.35. The van der Waals surface area contributed by atoms with Crippen LogP contribution in [0.15, 0.2) is 36.5 Å². The molecule has 3 aromatic rings. The Morgan fingerprint density at radius 2 is 1.86 bits per heavy atom. The zero-order valence-electron chi connectivity index (χ0n) is 16.4. The summed E-state index contributed by atoms with van der Waals surface area (Å²) in [4.78, 5) is 25.4. The number of aliphatic carboxylic acids is 1. The van der Waals surface area contributed by atoms with Crippen LogP contribution in [0.3, 0.4) is 0 Å². The van der Waals surface area contributed by atoms with Crippen molar-refractivity contribution in [2.24, 2.45) is 0 Å². The van der Waals surface area contributed by atoms with Gasteiger partial charge in [0, 0.05) is 22.8 Å². The van der Waals surface area contributed by atoms with Crippen molar-refractivity contribution in [3.8, 4) is 11.5 Å². The Bertz CT molecular complexity index is 1030. The van der Waals surface area contributed by atoms with Crippen LogP contribution in [-0.4, -0.2) is 22.0 Å². The first kappa shape index (κ1) is 19.5. The second-order valence-corrected chi connectivity index (χ2v) is 7.06. The summed E-state index contributed by atoms with van der Waals surface area (Å²) < 4.78 is 6.15. The average Bonchev–Trinajstić information content (AvgIpc) is 3.07. The maximum Gasteiger partial charge on any atom is 0.394 e. The molecule has 1 aromatic heterocycles. The normalized spacial score (nSPS) is 12.0. The monoisotopic (exact) mass is 380 g/mol. The van der Waals surface area contributed by atoms with Gasteiger partial charge in [0.25, 0.3) is 0 Å². The molecule has 6 nitrogen and oxygen atoms in total. The van der Waals surface area contributed by atoms with E-state index in [2.05, 4.69) is 30.3 Å². The molecular weight excluding hydrogens is 356 g/mol. The number of aromatic nitrogens is 1. The topological polar surface area (TPSA) is 91.4 Å². The molecule has 1 heterocycles. The molecule has 0 aliphatic rings. The van der Waals surface area contributed by atoms with Gasteiger partial charge in [0.05, 0.1) is 0 Å². The summed E-state index contributed by atoms with van der Waals surface area (Å²) in [6.07, 6.45) is 3.11. The van der Waals surface area contributed by atoms with E-state index in [1.807, 2.05) is 32.0 Å². The van der Waals surface area contributed by atoms with E-state index in [9.17, 15) is 9.59 Å². The lowest BCUT2D eigenvalue weighted by Gasteiger charge is -2.14. The number of hydrogen-bond donors (Lipinski definition) is 3. The van der Waals surface area contributed by atoms with Crippen molar-refractivity contribution in [2.75, 3.05) is 5.32 Å². The molecule has 1 amide bonds. The molecule has 0 fully saturated rings. The zero-order valence-corrected chi connectivity index (χ0v) is 16.4. The van der Waals surface area contributed by atoms with Gasteiger partial charge in [0.15, 0.2) is 0 Å². The van der Waals surface area contributed by atoms with Crippen LogP contribution in [0, 0.1) is 13.8 Å². The molecule has 0 bridgehead atoms. The van der Waals surface area contributed by atoms with Crippen LogP contribution in [0.4, 0.5) is 5.69 Å². The van der Waals surface area contributed by atoms with Crippen molar-refractivity contribution >= 4 is 28.5 Å². The largest absolute Gasteiger partial charge is 0.474 e. The number of anilines is 1. The van der Waals surface area contributed by atoms with Gasteiger partial charge in [0.2, 0.25) is 0 Å². The van der Waals surface area contributed by atoms with E-state index in [-0.39, 0.29) is 0 Å². The van der Waals surface area contributed by atoms with E-state index >= 15 is 0 Å². The lowest BCUT2D eigenvalue weighted by atomic mass is 9.98. The number of carboxylic acid groups (broad SMARTS) is 1. The molecule has 6 heteroatoms. The average molecular weight is 380 g/mol.